The molecule has 3 rings (SSSR count). The average molecular weight is 196 g/mol. The normalized spacial score (nSPS) is 13.6. The molecule has 0 saturated heterocycles. The summed E-state index contributed by atoms with van der Waals surface area (Å²) in [6.45, 7) is 3.99. The molecule has 0 aliphatic heterocycles. The first kappa shape index (κ1) is 8.24. The van der Waals surface area contributed by atoms with Gasteiger partial charge < -0.3 is 4.42 Å². The predicted molar refractivity (Wildman–Crippen MR) is 56.7 cm³/mol. The highest BCUT2D eigenvalue weighted by molar-refractivity contribution is 6.16. The molecule has 0 atom stereocenters. The van der Waals surface area contributed by atoms with Gasteiger partial charge in [0.05, 0.1) is 6.26 Å². The zero-order valence-corrected chi connectivity index (χ0v) is 7.99. The highest BCUT2D eigenvalue weighted by Crippen LogP contribution is 2.34. The van der Waals surface area contributed by atoms with Gasteiger partial charge in [0.25, 0.3) is 0 Å². The van der Waals surface area contributed by atoms with Gasteiger partial charge in [-0.2, -0.15) is 0 Å². The van der Waals surface area contributed by atoms with E-state index in [-0.39, 0.29) is 5.78 Å². The Morgan fingerprint density at radius 3 is 2.53 bits per heavy atom. The molecule has 0 N–H and O–H groups in total. The van der Waals surface area contributed by atoms with Gasteiger partial charge in [-0.05, 0) is 17.2 Å². The van der Waals surface area contributed by atoms with Gasteiger partial charge in [-0.25, -0.2) is 0 Å². The van der Waals surface area contributed by atoms with E-state index in [1.807, 2.05) is 18.2 Å². The summed E-state index contributed by atoms with van der Waals surface area (Å²) in [6.07, 6.45) is 1.53. The molecule has 1 aromatic carbocycles. The molecule has 2 heteroatoms. The fraction of sp³-hybridized carbons (Fsp3) is 0. The summed E-state index contributed by atoms with van der Waals surface area (Å²) in [5.41, 5.74) is 3.23. The van der Waals surface area contributed by atoms with Gasteiger partial charge in [0.2, 0.25) is 5.78 Å². The maximum atomic E-state index is 12.0. The van der Waals surface area contributed by atoms with Crippen LogP contribution in [0.2, 0.25) is 0 Å². The molecule has 1 aliphatic rings. The number of furan rings is 1. The van der Waals surface area contributed by atoms with Gasteiger partial charge in [0, 0.05) is 11.1 Å². The van der Waals surface area contributed by atoms with Crippen molar-refractivity contribution in [2.24, 2.45) is 0 Å². The topological polar surface area (TPSA) is 30.2 Å². The van der Waals surface area contributed by atoms with E-state index in [1.165, 1.54) is 6.26 Å². The Labute approximate surface area is 86.8 Å². The van der Waals surface area contributed by atoms with Crippen LogP contribution in [-0.4, -0.2) is 5.78 Å². The molecule has 0 spiro atoms. The van der Waals surface area contributed by atoms with Crippen molar-refractivity contribution in [3.05, 3.63) is 65.6 Å². The van der Waals surface area contributed by atoms with Crippen molar-refractivity contribution in [2.45, 2.75) is 0 Å². The molecule has 0 bridgehead atoms. The minimum atomic E-state index is -0.0574. The monoisotopic (exact) mass is 196 g/mol. The molecule has 0 fully saturated rings. The Hall–Kier alpha value is -2.09. The summed E-state index contributed by atoms with van der Waals surface area (Å²) in [5.74, 6) is 0.344. The van der Waals surface area contributed by atoms with Crippen LogP contribution in [0.25, 0.3) is 5.57 Å². The molecular weight excluding hydrogens is 188 g/mol. The summed E-state index contributed by atoms with van der Waals surface area (Å²) in [4.78, 5) is 12.0. The third kappa shape index (κ3) is 0.960. The minimum Gasteiger partial charge on any atom is -0.460 e. The van der Waals surface area contributed by atoms with E-state index in [1.54, 1.807) is 12.1 Å². The number of benzene rings is 1. The molecule has 0 saturated carbocycles. The SMILES string of the molecule is C=C1c2ccccc2C(=O)c2occc21. The first-order chi connectivity index (χ1) is 7.29. The van der Waals surface area contributed by atoms with Crippen LogP contribution in [0.15, 0.2) is 47.6 Å². The van der Waals surface area contributed by atoms with E-state index in [0.29, 0.717) is 11.3 Å². The van der Waals surface area contributed by atoms with Crippen molar-refractivity contribution in [3.63, 3.8) is 0 Å². The van der Waals surface area contributed by atoms with E-state index >= 15 is 0 Å². The number of carbonyl (C=O) groups is 1. The Morgan fingerprint density at radius 1 is 1.00 bits per heavy atom. The second-order valence-corrected chi connectivity index (χ2v) is 3.52. The standard InChI is InChI=1S/C13H8O2/c1-8-9-4-2-3-5-11(9)12(14)13-10(8)6-7-15-13/h2-7H,1H2. The van der Waals surface area contributed by atoms with Crippen molar-refractivity contribution in [3.8, 4) is 0 Å². The lowest BCUT2D eigenvalue weighted by Crippen LogP contribution is -2.11. The number of carbonyl (C=O) groups excluding carboxylic acids is 1. The maximum absolute atomic E-state index is 12.0. The largest absolute Gasteiger partial charge is 0.460 e. The van der Waals surface area contributed by atoms with Crippen molar-refractivity contribution < 1.29 is 9.21 Å². The third-order valence-corrected chi connectivity index (χ3v) is 2.69. The lowest BCUT2D eigenvalue weighted by atomic mass is 9.86. The highest BCUT2D eigenvalue weighted by atomic mass is 16.3. The first-order valence-corrected chi connectivity index (χ1v) is 4.70. The molecule has 1 heterocycles. The van der Waals surface area contributed by atoms with E-state index in [4.69, 9.17) is 4.42 Å². The second kappa shape index (κ2) is 2.70. The molecule has 0 unspecified atom stereocenters. The summed E-state index contributed by atoms with van der Waals surface area (Å²) < 4.78 is 5.19. The van der Waals surface area contributed by atoms with E-state index in [9.17, 15) is 4.79 Å². The lowest BCUT2D eigenvalue weighted by molar-refractivity contribution is 0.101. The number of rotatable bonds is 0. The van der Waals surface area contributed by atoms with Crippen molar-refractivity contribution in [1.82, 2.24) is 0 Å². The van der Waals surface area contributed by atoms with Crippen LogP contribution in [0.5, 0.6) is 0 Å². The fourth-order valence-electron chi connectivity index (χ4n) is 1.93. The van der Waals surface area contributed by atoms with E-state index in [2.05, 4.69) is 6.58 Å². The number of hydrogen-bond donors (Lipinski definition) is 0. The van der Waals surface area contributed by atoms with Crippen LogP contribution in [0.4, 0.5) is 0 Å². The summed E-state index contributed by atoms with van der Waals surface area (Å²) in [7, 11) is 0. The maximum Gasteiger partial charge on any atom is 0.229 e. The zero-order valence-electron chi connectivity index (χ0n) is 7.99. The number of ketones is 1. The molecule has 2 nitrogen and oxygen atoms in total. The summed E-state index contributed by atoms with van der Waals surface area (Å²) in [6, 6.07) is 9.24. The smallest absolute Gasteiger partial charge is 0.229 e. The van der Waals surface area contributed by atoms with Crippen LogP contribution in [0.1, 0.15) is 27.2 Å². The van der Waals surface area contributed by atoms with Crippen LogP contribution in [0.3, 0.4) is 0 Å². The van der Waals surface area contributed by atoms with Gasteiger partial charge in [0.1, 0.15) is 0 Å². The Balaban J connectivity index is 2.36. The highest BCUT2D eigenvalue weighted by Gasteiger charge is 2.27. The number of fused-ring (bicyclic) bond motifs is 2. The molecule has 72 valence electrons. The van der Waals surface area contributed by atoms with E-state index < -0.39 is 0 Å². The Morgan fingerprint density at radius 2 is 1.73 bits per heavy atom. The van der Waals surface area contributed by atoms with Crippen molar-refractivity contribution in [2.75, 3.05) is 0 Å². The van der Waals surface area contributed by atoms with E-state index in [0.717, 1.165) is 16.7 Å². The molecule has 2 aromatic rings. The molecule has 1 aliphatic carbocycles. The summed E-state index contributed by atoms with van der Waals surface area (Å²) >= 11 is 0. The predicted octanol–water partition coefficient (Wildman–Crippen LogP) is 2.89. The minimum absolute atomic E-state index is 0.0574. The van der Waals surface area contributed by atoms with Gasteiger partial charge in [-0.1, -0.05) is 30.8 Å². The van der Waals surface area contributed by atoms with Crippen LogP contribution in [-0.2, 0) is 0 Å². The van der Waals surface area contributed by atoms with Gasteiger partial charge in [-0.15, -0.1) is 0 Å². The zero-order chi connectivity index (χ0) is 10.4. The van der Waals surface area contributed by atoms with Crippen LogP contribution < -0.4 is 0 Å². The first-order valence-electron chi connectivity index (χ1n) is 4.70. The number of hydrogen-bond acceptors (Lipinski definition) is 2. The Bertz CT molecular complexity index is 526. The molecule has 1 aromatic heterocycles. The van der Waals surface area contributed by atoms with Crippen molar-refractivity contribution in [1.29, 1.82) is 0 Å². The second-order valence-electron chi connectivity index (χ2n) is 3.52. The molecule has 15 heavy (non-hydrogen) atoms. The van der Waals surface area contributed by atoms with Crippen molar-refractivity contribution >= 4 is 11.4 Å². The quantitative estimate of drug-likeness (QED) is 0.553. The van der Waals surface area contributed by atoms with Gasteiger partial charge >= 0.3 is 0 Å². The molecule has 0 amide bonds. The Kier molecular flexibility index (Phi) is 1.48. The third-order valence-electron chi connectivity index (χ3n) is 2.69. The van der Waals surface area contributed by atoms with Gasteiger partial charge in [-0.3, -0.25) is 4.79 Å². The van der Waals surface area contributed by atoms with Crippen LogP contribution in [0, 0.1) is 0 Å². The summed E-state index contributed by atoms with van der Waals surface area (Å²) in [5, 5.41) is 0. The fourth-order valence-corrected chi connectivity index (χ4v) is 1.93. The lowest BCUT2D eigenvalue weighted by Gasteiger charge is -2.15. The molecule has 0 radical (unpaired) electrons. The average Bonchev–Trinajstić information content (AvgIpc) is 2.75. The molecular formula is C13H8O2. The van der Waals surface area contributed by atoms with Gasteiger partial charge in [0.15, 0.2) is 5.76 Å². The van der Waals surface area contributed by atoms with Crippen LogP contribution >= 0.6 is 0 Å².